The highest BCUT2D eigenvalue weighted by Crippen LogP contribution is 2.31. The Bertz CT molecular complexity index is 894. The summed E-state index contributed by atoms with van der Waals surface area (Å²) >= 11 is 1.57. The number of amides is 1. The first kappa shape index (κ1) is 18.3. The molecule has 0 radical (unpaired) electrons. The maximum atomic E-state index is 13.2. The maximum Gasteiger partial charge on any atom is 0.449 e. The molecule has 0 aliphatic rings. The molecular formula is C18H16F3N3OS. The van der Waals surface area contributed by atoms with Crippen LogP contribution in [0.2, 0.25) is 0 Å². The van der Waals surface area contributed by atoms with E-state index >= 15 is 0 Å². The number of carbonyl (C=O) groups excluding carboxylic acids is 1. The van der Waals surface area contributed by atoms with E-state index in [0.717, 1.165) is 9.46 Å². The minimum Gasteiger partial charge on any atom is -0.354 e. The normalized spacial score (nSPS) is 11.7. The standard InChI is InChI=1S/C18H16F3N3OS/c19-18(20,21)17-23-14-8-4-5-9-15(14)24(17)12-16(25)22-10-11-26-13-6-2-1-3-7-13/h1-9H,10-12H2,(H,22,25). The summed E-state index contributed by atoms with van der Waals surface area (Å²) in [7, 11) is 0. The highest BCUT2D eigenvalue weighted by Gasteiger charge is 2.37. The molecule has 0 bridgehead atoms. The van der Waals surface area contributed by atoms with Crippen LogP contribution in [0.3, 0.4) is 0 Å². The lowest BCUT2D eigenvalue weighted by atomic mass is 10.3. The second-order valence-corrected chi connectivity index (χ2v) is 6.69. The summed E-state index contributed by atoms with van der Waals surface area (Å²) < 4.78 is 40.6. The van der Waals surface area contributed by atoms with Crippen molar-refractivity contribution >= 4 is 28.7 Å². The summed E-state index contributed by atoms with van der Waals surface area (Å²) in [6, 6.07) is 15.9. The predicted octanol–water partition coefficient (Wildman–Crippen LogP) is 3.96. The van der Waals surface area contributed by atoms with Gasteiger partial charge in [-0.2, -0.15) is 13.2 Å². The molecule has 0 aliphatic heterocycles. The number of alkyl halides is 3. The molecule has 0 aliphatic carbocycles. The van der Waals surface area contributed by atoms with Crippen molar-refractivity contribution in [2.45, 2.75) is 17.6 Å². The van der Waals surface area contributed by atoms with E-state index in [-0.39, 0.29) is 11.0 Å². The zero-order valence-corrected chi connectivity index (χ0v) is 14.5. The second kappa shape index (κ2) is 7.82. The number of rotatable bonds is 6. The molecule has 3 rings (SSSR count). The first-order valence-electron chi connectivity index (χ1n) is 7.92. The van der Waals surface area contributed by atoms with Crippen LogP contribution in [0.4, 0.5) is 13.2 Å². The molecule has 0 saturated carbocycles. The molecule has 0 saturated heterocycles. The van der Waals surface area contributed by atoms with Crippen molar-refractivity contribution in [3.63, 3.8) is 0 Å². The van der Waals surface area contributed by atoms with Gasteiger partial charge in [-0.15, -0.1) is 11.8 Å². The van der Waals surface area contributed by atoms with Crippen molar-refractivity contribution in [1.82, 2.24) is 14.9 Å². The van der Waals surface area contributed by atoms with Gasteiger partial charge in [-0.25, -0.2) is 4.98 Å². The summed E-state index contributed by atoms with van der Waals surface area (Å²) in [4.78, 5) is 16.8. The Morgan fingerprint density at radius 1 is 1.08 bits per heavy atom. The molecule has 136 valence electrons. The molecule has 1 amide bonds. The van der Waals surface area contributed by atoms with Crippen LogP contribution < -0.4 is 5.32 Å². The predicted molar refractivity (Wildman–Crippen MR) is 94.9 cm³/mol. The summed E-state index contributed by atoms with van der Waals surface area (Å²) in [5, 5.41) is 2.66. The quantitative estimate of drug-likeness (QED) is 0.521. The van der Waals surface area contributed by atoms with Crippen LogP contribution in [0.1, 0.15) is 5.82 Å². The number of para-hydroxylation sites is 2. The van der Waals surface area contributed by atoms with Gasteiger partial charge < -0.3 is 9.88 Å². The van der Waals surface area contributed by atoms with Crippen molar-refractivity contribution in [3.05, 3.63) is 60.4 Å². The van der Waals surface area contributed by atoms with Gasteiger partial charge in [0, 0.05) is 17.2 Å². The molecule has 1 heterocycles. The smallest absolute Gasteiger partial charge is 0.354 e. The van der Waals surface area contributed by atoms with Gasteiger partial charge in [0.05, 0.1) is 11.0 Å². The van der Waals surface area contributed by atoms with Crippen LogP contribution in [0.15, 0.2) is 59.5 Å². The lowest BCUT2D eigenvalue weighted by Crippen LogP contribution is -2.31. The van der Waals surface area contributed by atoms with Crippen LogP contribution in [0, 0.1) is 0 Å². The molecule has 1 N–H and O–H groups in total. The third kappa shape index (κ3) is 4.37. The van der Waals surface area contributed by atoms with Gasteiger partial charge in [0.25, 0.3) is 0 Å². The first-order valence-corrected chi connectivity index (χ1v) is 8.91. The number of aromatic nitrogens is 2. The van der Waals surface area contributed by atoms with E-state index in [9.17, 15) is 18.0 Å². The molecule has 1 aromatic heterocycles. The highest BCUT2D eigenvalue weighted by molar-refractivity contribution is 7.99. The largest absolute Gasteiger partial charge is 0.449 e. The average Bonchev–Trinajstić information content (AvgIpc) is 2.99. The van der Waals surface area contributed by atoms with Gasteiger partial charge in [-0.1, -0.05) is 30.3 Å². The number of benzene rings is 2. The Morgan fingerprint density at radius 2 is 1.77 bits per heavy atom. The molecule has 2 aromatic carbocycles. The van der Waals surface area contributed by atoms with Gasteiger partial charge >= 0.3 is 6.18 Å². The second-order valence-electron chi connectivity index (χ2n) is 5.52. The van der Waals surface area contributed by atoms with E-state index in [2.05, 4.69) is 10.3 Å². The van der Waals surface area contributed by atoms with Crippen LogP contribution in [-0.2, 0) is 17.5 Å². The number of thioether (sulfide) groups is 1. The minimum absolute atomic E-state index is 0.215. The maximum absolute atomic E-state index is 13.2. The summed E-state index contributed by atoms with van der Waals surface area (Å²) in [6.07, 6.45) is -4.62. The molecule has 4 nitrogen and oxygen atoms in total. The van der Waals surface area contributed by atoms with E-state index in [1.54, 1.807) is 23.9 Å². The van der Waals surface area contributed by atoms with Crippen molar-refractivity contribution in [3.8, 4) is 0 Å². The van der Waals surface area contributed by atoms with Crippen molar-refractivity contribution in [2.24, 2.45) is 0 Å². The fraction of sp³-hybridized carbons (Fsp3) is 0.222. The Balaban J connectivity index is 1.63. The van der Waals surface area contributed by atoms with E-state index in [1.165, 1.54) is 12.1 Å². The molecule has 8 heteroatoms. The van der Waals surface area contributed by atoms with Crippen molar-refractivity contribution in [1.29, 1.82) is 0 Å². The highest BCUT2D eigenvalue weighted by atomic mass is 32.2. The summed E-state index contributed by atoms with van der Waals surface area (Å²) in [5.41, 5.74) is 0.501. The number of hydrogen-bond acceptors (Lipinski definition) is 3. The van der Waals surface area contributed by atoms with E-state index in [1.807, 2.05) is 30.3 Å². The molecule has 3 aromatic rings. The third-order valence-corrected chi connectivity index (χ3v) is 4.66. The van der Waals surface area contributed by atoms with Gasteiger partial charge in [0.2, 0.25) is 11.7 Å². The molecule has 0 fully saturated rings. The Hall–Kier alpha value is -2.48. The summed E-state index contributed by atoms with van der Waals surface area (Å²) in [6.45, 7) is -0.0578. The lowest BCUT2D eigenvalue weighted by molar-refractivity contribution is -0.147. The number of carbonyl (C=O) groups is 1. The van der Waals surface area contributed by atoms with Gasteiger partial charge in [0.15, 0.2) is 0 Å². The van der Waals surface area contributed by atoms with Crippen molar-refractivity contribution < 1.29 is 18.0 Å². The number of hydrogen-bond donors (Lipinski definition) is 1. The van der Waals surface area contributed by atoms with Crippen LogP contribution in [-0.4, -0.2) is 27.8 Å². The zero-order valence-electron chi connectivity index (χ0n) is 13.7. The SMILES string of the molecule is O=C(Cn1c(C(F)(F)F)nc2ccccc21)NCCSc1ccccc1. The Morgan fingerprint density at radius 3 is 2.50 bits per heavy atom. The first-order chi connectivity index (χ1) is 12.4. The van der Waals surface area contributed by atoms with E-state index in [0.29, 0.717) is 12.3 Å². The number of nitrogens with one attached hydrogen (secondary N) is 1. The van der Waals surface area contributed by atoms with Crippen LogP contribution >= 0.6 is 11.8 Å². The zero-order chi connectivity index (χ0) is 18.6. The minimum atomic E-state index is -4.62. The fourth-order valence-corrected chi connectivity index (χ4v) is 3.32. The Labute approximate surface area is 152 Å². The summed E-state index contributed by atoms with van der Waals surface area (Å²) in [5.74, 6) is -0.910. The average molecular weight is 379 g/mol. The molecule has 0 atom stereocenters. The van der Waals surface area contributed by atoms with Gasteiger partial charge in [0.1, 0.15) is 6.54 Å². The van der Waals surface area contributed by atoms with Crippen molar-refractivity contribution in [2.75, 3.05) is 12.3 Å². The number of halogens is 3. The van der Waals surface area contributed by atoms with Gasteiger partial charge in [-0.05, 0) is 24.3 Å². The Kier molecular flexibility index (Phi) is 5.51. The molecular weight excluding hydrogens is 363 g/mol. The van der Waals surface area contributed by atoms with Crippen LogP contribution in [0.5, 0.6) is 0 Å². The van der Waals surface area contributed by atoms with E-state index in [4.69, 9.17) is 0 Å². The van der Waals surface area contributed by atoms with Gasteiger partial charge in [-0.3, -0.25) is 4.79 Å². The molecule has 0 spiro atoms. The lowest BCUT2D eigenvalue weighted by Gasteiger charge is -2.11. The third-order valence-electron chi connectivity index (χ3n) is 3.65. The number of fused-ring (bicyclic) bond motifs is 1. The fourth-order valence-electron chi connectivity index (χ4n) is 2.53. The topological polar surface area (TPSA) is 46.9 Å². The molecule has 26 heavy (non-hydrogen) atoms. The number of nitrogens with zero attached hydrogens (tertiary/aromatic N) is 2. The molecule has 0 unspecified atom stereocenters. The van der Waals surface area contributed by atoms with Crippen LogP contribution in [0.25, 0.3) is 11.0 Å². The monoisotopic (exact) mass is 379 g/mol. The number of imidazole rings is 1. The van der Waals surface area contributed by atoms with E-state index < -0.39 is 24.5 Å².